The zero-order valence-electron chi connectivity index (χ0n) is 11.5. The highest BCUT2D eigenvalue weighted by Gasteiger charge is 2.26. The average Bonchev–Trinajstić information content (AvgIpc) is 3.19. The number of hydrogen-bond donors (Lipinski definition) is 2. The number of halogens is 2. The van der Waals surface area contributed by atoms with E-state index in [1.807, 2.05) is 0 Å². The van der Waals surface area contributed by atoms with Crippen molar-refractivity contribution >= 4 is 35.0 Å². The minimum absolute atomic E-state index is 0.0965. The topological polar surface area (TPSA) is 69.6 Å². The lowest BCUT2D eigenvalue weighted by Crippen LogP contribution is -2.41. The molecule has 1 saturated carbocycles. The number of likely N-dealkylation sites (N-methyl/N-ethyl adjacent to an activating group) is 1. The second-order valence-electron chi connectivity index (χ2n) is 5.14. The van der Waals surface area contributed by atoms with Gasteiger partial charge in [0, 0.05) is 23.1 Å². The first-order valence-corrected chi connectivity index (χ1v) is 7.31. The summed E-state index contributed by atoms with van der Waals surface area (Å²) < 4.78 is 0. The molecule has 7 heteroatoms. The zero-order valence-corrected chi connectivity index (χ0v) is 13.0. The Kier molecular flexibility index (Phi) is 5.08. The summed E-state index contributed by atoms with van der Waals surface area (Å²) in [5.74, 6) is -0.816. The minimum Gasteiger partial charge on any atom is -0.378 e. The van der Waals surface area contributed by atoms with Crippen molar-refractivity contribution in [3.05, 3.63) is 33.8 Å². The highest BCUT2D eigenvalue weighted by Crippen LogP contribution is 2.24. The van der Waals surface area contributed by atoms with Crippen LogP contribution in [-0.4, -0.2) is 41.5 Å². The fourth-order valence-electron chi connectivity index (χ4n) is 1.88. The van der Waals surface area contributed by atoms with Gasteiger partial charge >= 0.3 is 0 Å². The number of carbonyl (C=O) groups excluding carboxylic acids is 2. The first-order chi connectivity index (χ1) is 9.86. The molecule has 1 aliphatic carbocycles. The summed E-state index contributed by atoms with van der Waals surface area (Å²) in [6, 6.07) is 4.68. The van der Waals surface area contributed by atoms with E-state index in [9.17, 15) is 14.7 Å². The van der Waals surface area contributed by atoms with Crippen LogP contribution in [0.25, 0.3) is 0 Å². The Balaban J connectivity index is 1.98. The van der Waals surface area contributed by atoms with Crippen LogP contribution < -0.4 is 5.32 Å². The van der Waals surface area contributed by atoms with Crippen LogP contribution in [-0.2, 0) is 9.59 Å². The number of carbonyl (C=O) groups is 2. The molecule has 1 aliphatic rings. The average molecular weight is 331 g/mol. The van der Waals surface area contributed by atoms with Gasteiger partial charge in [-0.15, -0.1) is 0 Å². The van der Waals surface area contributed by atoms with Crippen LogP contribution >= 0.6 is 23.2 Å². The number of nitrogens with zero attached hydrogens (tertiary/aromatic N) is 1. The minimum atomic E-state index is -1.40. The SMILES string of the molecule is CN(CC(=O)NC1CC1)C(=O)C(O)c1cc(Cl)cc(Cl)c1. The van der Waals surface area contributed by atoms with Crippen molar-refractivity contribution in [3.8, 4) is 0 Å². The molecule has 0 bridgehead atoms. The zero-order chi connectivity index (χ0) is 15.6. The highest BCUT2D eigenvalue weighted by atomic mass is 35.5. The van der Waals surface area contributed by atoms with Gasteiger partial charge in [-0.1, -0.05) is 23.2 Å². The summed E-state index contributed by atoms with van der Waals surface area (Å²) >= 11 is 11.7. The van der Waals surface area contributed by atoms with E-state index >= 15 is 0 Å². The fraction of sp³-hybridized carbons (Fsp3) is 0.429. The van der Waals surface area contributed by atoms with Crippen LogP contribution in [0.5, 0.6) is 0 Å². The van der Waals surface area contributed by atoms with Crippen molar-refractivity contribution in [2.45, 2.75) is 25.0 Å². The smallest absolute Gasteiger partial charge is 0.256 e. The molecule has 1 aromatic carbocycles. The van der Waals surface area contributed by atoms with Gasteiger partial charge in [0.05, 0.1) is 6.54 Å². The number of hydrogen-bond acceptors (Lipinski definition) is 3. The van der Waals surface area contributed by atoms with Gasteiger partial charge in [-0.25, -0.2) is 0 Å². The van der Waals surface area contributed by atoms with Gasteiger partial charge < -0.3 is 15.3 Å². The van der Waals surface area contributed by atoms with Gasteiger partial charge in [-0.2, -0.15) is 0 Å². The van der Waals surface area contributed by atoms with Crippen LogP contribution in [0.1, 0.15) is 24.5 Å². The predicted molar refractivity (Wildman–Crippen MR) is 80.2 cm³/mol. The summed E-state index contributed by atoms with van der Waals surface area (Å²) in [5, 5.41) is 13.5. The molecule has 0 heterocycles. The maximum Gasteiger partial charge on any atom is 0.256 e. The third-order valence-corrected chi connectivity index (χ3v) is 3.57. The molecule has 5 nitrogen and oxygen atoms in total. The second kappa shape index (κ2) is 6.64. The Labute approximate surface area is 132 Å². The van der Waals surface area contributed by atoms with Crippen molar-refractivity contribution in [2.24, 2.45) is 0 Å². The molecule has 2 amide bonds. The van der Waals surface area contributed by atoms with E-state index in [1.54, 1.807) is 0 Å². The Bertz CT molecular complexity index is 541. The molecular weight excluding hydrogens is 315 g/mol. The lowest BCUT2D eigenvalue weighted by molar-refractivity contribution is -0.142. The summed E-state index contributed by atoms with van der Waals surface area (Å²) in [6.07, 6.45) is 0.556. The van der Waals surface area contributed by atoms with Crippen molar-refractivity contribution < 1.29 is 14.7 Å². The number of aliphatic hydroxyl groups is 1. The Morgan fingerprint density at radius 1 is 1.33 bits per heavy atom. The Morgan fingerprint density at radius 2 is 1.90 bits per heavy atom. The van der Waals surface area contributed by atoms with Crippen LogP contribution in [0.2, 0.25) is 10.0 Å². The van der Waals surface area contributed by atoms with E-state index in [0.717, 1.165) is 12.8 Å². The molecule has 2 N–H and O–H groups in total. The first-order valence-electron chi connectivity index (χ1n) is 6.55. The summed E-state index contributed by atoms with van der Waals surface area (Å²) in [6.45, 7) is -0.0965. The number of amides is 2. The maximum atomic E-state index is 12.1. The second-order valence-corrected chi connectivity index (χ2v) is 6.01. The van der Waals surface area contributed by atoms with Crippen LogP contribution in [0, 0.1) is 0 Å². The molecule has 0 aromatic heterocycles. The summed E-state index contributed by atoms with van der Waals surface area (Å²) in [5.41, 5.74) is 0.298. The van der Waals surface area contributed by atoms with E-state index in [1.165, 1.54) is 30.1 Å². The fourth-order valence-corrected chi connectivity index (χ4v) is 2.42. The number of nitrogens with one attached hydrogen (secondary N) is 1. The Hall–Kier alpha value is -1.30. The van der Waals surface area contributed by atoms with Crippen LogP contribution in [0.4, 0.5) is 0 Å². The summed E-state index contributed by atoms with van der Waals surface area (Å²) in [4.78, 5) is 24.9. The number of benzene rings is 1. The monoisotopic (exact) mass is 330 g/mol. The molecule has 0 radical (unpaired) electrons. The van der Waals surface area contributed by atoms with Gasteiger partial charge in [0.1, 0.15) is 0 Å². The van der Waals surface area contributed by atoms with E-state index in [-0.39, 0.29) is 18.5 Å². The van der Waals surface area contributed by atoms with E-state index < -0.39 is 12.0 Å². The van der Waals surface area contributed by atoms with Crippen molar-refractivity contribution in [2.75, 3.05) is 13.6 Å². The molecule has 1 fully saturated rings. The number of rotatable bonds is 5. The third kappa shape index (κ3) is 4.59. The molecule has 1 aromatic rings. The van der Waals surface area contributed by atoms with Gasteiger partial charge in [0.15, 0.2) is 6.10 Å². The molecule has 0 saturated heterocycles. The van der Waals surface area contributed by atoms with E-state index in [4.69, 9.17) is 23.2 Å². The van der Waals surface area contributed by atoms with Crippen molar-refractivity contribution in [1.29, 1.82) is 0 Å². The first kappa shape index (κ1) is 16.1. The van der Waals surface area contributed by atoms with Crippen molar-refractivity contribution in [3.63, 3.8) is 0 Å². The molecule has 114 valence electrons. The quantitative estimate of drug-likeness (QED) is 0.864. The van der Waals surface area contributed by atoms with E-state index in [2.05, 4.69) is 5.32 Å². The van der Waals surface area contributed by atoms with Gasteiger partial charge in [-0.3, -0.25) is 9.59 Å². The van der Waals surface area contributed by atoms with Crippen molar-refractivity contribution in [1.82, 2.24) is 10.2 Å². The maximum absolute atomic E-state index is 12.1. The molecule has 1 atom stereocenters. The number of aliphatic hydroxyl groups excluding tert-OH is 1. The lowest BCUT2D eigenvalue weighted by atomic mass is 10.1. The Morgan fingerprint density at radius 3 is 2.43 bits per heavy atom. The third-order valence-electron chi connectivity index (χ3n) is 3.13. The molecular formula is C14H16Cl2N2O3. The predicted octanol–water partition coefficient (Wildman–Crippen LogP) is 1.76. The van der Waals surface area contributed by atoms with Crippen LogP contribution in [0.15, 0.2) is 18.2 Å². The summed E-state index contributed by atoms with van der Waals surface area (Å²) in [7, 11) is 1.46. The highest BCUT2D eigenvalue weighted by molar-refractivity contribution is 6.34. The largest absolute Gasteiger partial charge is 0.378 e. The van der Waals surface area contributed by atoms with Gasteiger partial charge in [0.2, 0.25) is 5.91 Å². The molecule has 0 spiro atoms. The molecule has 2 rings (SSSR count). The normalized spacial score (nSPS) is 15.4. The lowest BCUT2D eigenvalue weighted by Gasteiger charge is -2.20. The van der Waals surface area contributed by atoms with Gasteiger partial charge in [0.25, 0.3) is 5.91 Å². The molecule has 0 aliphatic heterocycles. The molecule has 21 heavy (non-hydrogen) atoms. The van der Waals surface area contributed by atoms with E-state index in [0.29, 0.717) is 15.6 Å². The standard InChI is InChI=1S/C14H16Cl2N2O3/c1-18(7-12(19)17-11-2-3-11)14(21)13(20)8-4-9(15)6-10(16)5-8/h4-6,11,13,20H,2-3,7H2,1H3,(H,17,19). The van der Waals surface area contributed by atoms with Gasteiger partial charge in [-0.05, 0) is 36.6 Å². The molecule has 1 unspecified atom stereocenters. The van der Waals surface area contributed by atoms with Crippen LogP contribution in [0.3, 0.4) is 0 Å².